The number of likely N-dealkylation sites (tertiary alicyclic amines) is 1. The molecule has 2 rings (SSSR count). The van der Waals surface area contributed by atoms with Crippen LogP contribution >= 0.6 is 0 Å². The van der Waals surface area contributed by atoms with E-state index in [0.717, 1.165) is 39.0 Å². The molecule has 2 aliphatic heterocycles. The molecule has 0 spiro atoms. The third-order valence-corrected chi connectivity index (χ3v) is 4.13. The highest BCUT2D eigenvalue weighted by Gasteiger charge is 2.33. The van der Waals surface area contributed by atoms with Crippen LogP contribution in [-0.2, 0) is 4.79 Å². The molecule has 2 aliphatic rings. The number of carbonyl (C=O) groups excluding carboxylic acids is 1. The Kier molecular flexibility index (Phi) is 3.76. The zero-order chi connectivity index (χ0) is 12.5. The highest BCUT2D eigenvalue weighted by molar-refractivity contribution is 5.79. The van der Waals surface area contributed by atoms with E-state index in [0.29, 0.717) is 17.2 Å². The number of carbonyl (C=O) groups is 1. The van der Waals surface area contributed by atoms with Gasteiger partial charge in [0, 0.05) is 19.6 Å². The Labute approximate surface area is 105 Å². The van der Waals surface area contributed by atoms with Gasteiger partial charge in [-0.2, -0.15) is 0 Å². The van der Waals surface area contributed by atoms with Gasteiger partial charge >= 0.3 is 0 Å². The van der Waals surface area contributed by atoms with E-state index in [-0.39, 0.29) is 5.92 Å². The number of rotatable bonds is 1. The van der Waals surface area contributed by atoms with Gasteiger partial charge in [-0.25, -0.2) is 0 Å². The van der Waals surface area contributed by atoms with Crippen molar-refractivity contribution in [1.82, 2.24) is 10.2 Å². The predicted octanol–water partition coefficient (Wildman–Crippen LogP) is 1.88. The van der Waals surface area contributed by atoms with Gasteiger partial charge < -0.3 is 10.2 Å². The van der Waals surface area contributed by atoms with Crippen molar-refractivity contribution in [1.29, 1.82) is 0 Å². The van der Waals surface area contributed by atoms with Crippen LogP contribution in [0, 0.1) is 17.3 Å². The lowest BCUT2D eigenvalue weighted by Crippen LogP contribution is -2.50. The summed E-state index contributed by atoms with van der Waals surface area (Å²) in [5.41, 5.74) is 0.307. The molecule has 0 saturated carbocycles. The van der Waals surface area contributed by atoms with Crippen molar-refractivity contribution in [3.05, 3.63) is 0 Å². The van der Waals surface area contributed by atoms with Gasteiger partial charge in [-0.3, -0.25) is 4.79 Å². The molecule has 3 nitrogen and oxygen atoms in total. The molecule has 0 radical (unpaired) electrons. The Morgan fingerprint density at radius 1 is 1.35 bits per heavy atom. The number of amides is 1. The first kappa shape index (κ1) is 12.9. The topological polar surface area (TPSA) is 32.3 Å². The summed E-state index contributed by atoms with van der Waals surface area (Å²) in [5.74, 6) is 1.24. The highest BCUT2D eigenvalue weighted by atomic mass is 16.2. The maximum Gasteiger partial charge on any atom is 0.226 e. The Balaban J connectivity index is 1.94. The van der Waals surface area contributed by atoms with Crippen LogP contribution < -0.4 is 5.32 Å². The average molecular weight is 238 g/mol. The standard InChI is InChI=1S/C14H26N2O/c1-11-7-12(9-15-8-11)13(17)16-6-4-5-14(2,3)10-16/h11-12,15H,4-10H2,1-3H3. The third-order valence-electron chi connectivity index (χ3n) is 4.13. The minimum absolute atomic E-state index is 0.215. The molecule has 0 aromatic heterocycles. The Morgan fingerprint density at radius 3 is 2.76 bits per heavy atom. The van der Waals surface area contributed by atoms with Gasteiger partial charge in [0.25, 0.3) is 0 Å². The second-order valence-electron chi connectivity index (χ2n) is 6.72. The van der Waals surface area contributed by atoms with Gasteiger partial charge in [0.05, 0.1) is 5.92 Å². The normalized spacial score (nSPS) is 33.5. The van der Waals surface area contributed by atoms with Gasteiger partial charge in [-0.15, -0.1) is 0 Å². The van der Waals surface area contributed by atoms with Crippen LogP contribution in [0.2, 0.25) is 0 Å². The van der Waals surface area contributed by atoms with Crippen molar-refractivity contribution in [2.24, 2.45) is 17.3 Å². The highest BCUT2D eigenvalue weighted by Crippen LogP contribution is 2.30. The fourth-order valence-corrected chi connectivity index (χ4v) is 3.21. The largest absolute Gasteiger partial charge is 0.342 e. The molecule has 2 fully saturated rings. The molecule has 0 aromatic carbocycles. The second kappa shape index (κ2) is 4.97. The molecule has 2 saturated heterocycles. The Bertz CT molecular complexity index is 288. The van der Waals surface area contributed by atoms with Crippen molar-refractivity contribution in [2.45, 2.75) is 40.0 Å². The third kappa shape index (κ3) is 3.21. The molecule has 0 aromatic rings. The molecule has 0 aliphatic carbocycles. The smallest absolute Gasteiger partial charge is 0.226 e. The number of hydrogen-bond donors (Lipinski definition) is 1. The summed E-state index contributed by atoms with van der Waals surface area (Å²) in [4.78, 5) is 14.6. The summed E-state index contributed by atoms with van der Waals surface area (Å²) in [6, 6.07) is 0. The van der Waals surface area contributed by atoms with E-state index >= 15 is 0 Å². The lowest BCUT2D eigenvalue weighted by molar-refractivity contribution is -0.139. The summed E-state index contributed by atoms with van der Waals surface area (Å²) in [7, 11) is 0. The van der Waals surface area contributed by atoms with E-state index in [4.69, 9.17) is 0 Å². The second-order valence-corrected chi connectivity index (χ2v) is 6.72. The van der Waals surface area contributed by atoms with E-state index in [1.54, 1.807) is 0 Å². The van der Waals surface area contributed by atoms with Crippen molar-refractivity contribution < 1.29 is 4.79 Å². The minimum atomic E-state index is 0.215. The Hall–Kier alpha value is -0.570. The van der Waals surface area contributed by atoms with E-state index in [2.05, 4.69) is 31.0 Å². The summed E-state index contributed by atoms with van der Waals surface area (Å²) < 4.78 is 0. The fourth-order valence-electron chi connectivity index (χ4n) is 3.21. The molecular weight excluding hydrogens is 212 g/mol. The van der Waals surface area contributed by atoms with E-state index in [9.17, 15) is 4.79 Å². The summed E-state index contributed by atoms with van der Waals surface area (Å²) in [6.45, 7) is 10.6. The van der Waals surface area contributed by atoms with Crippen molar-refractivity contribution in [3.63, 3.8) is 0 Å². The van der Waals surface area contributed by atoms with E-state index in [1.165, 1.54) is 6.42 Å². The zero-order valence-corrected chi connectivity index (χ0v) is 11.5. The first-order chi connectivity index (χ1) is 7.98. The minimum Gasteiger partial charge on any atom is -0.342 e. The van der Waals surface area contributed by atoms with Gasteiger partial charge in [-0.05, 0) is 37.1 Å². The van der Waals surface area contributed by atoms with Crippen molar-refractivity contribution in [3.8, 4) is 0 Å². The maximum absolute atomic E-state index is 12.5. The maximum atomic E-state index is 12.5. The molecule has 98 valence electrons. The molecule has 3 heteroatoms. The molecule has 1 N–H and O–H groups in total. The molecule has 2 atom stereocenters. The van der Waals surface area contributed by atoms with Gasteiger partial charge in [-0.1, -0.05) is 20.8 Å². The molecular formula is C14H26N2O. The number of nitrogens with one attached hydrogen (secondary N) is 1. The molecule has 17 heavy (non-hydrogen) atoms. The SMILES string of the molecule is CC1CNCC(C(=O)N2CCCC(C)(C)C2)C1. The first-order valence-electron chi connectivity index (χ1n) is 6.97. The average Bonchev–Trinajstić information content (AvgIpc) is 2.26. The number of piperidine rings is 2. The van der Waals surface area contributed by atoms with E-state index in [1.807, 2.05) is 0 Å². The van der Waals surface area contributed by atoms with Crippen LogP contribution in [0.3, 0.4) is 0 Å². The summed E-state index contributed by atoms with van der Waals surface area (Å²) >= 11 is 0. The molecule has 2 heterocycles. The van der Waals surface area contributed by atoms with Crippen LogP contribution in [0.5, 0.6) is 0 Å². The molecule has 2 unspecified atom stereocenters. The van der Waals surface area contributed by atoms with Crippen LogP contribution in [0.25, 0.3) is 0 Å². The zero-order valence-electron chi connectivity index (χ0n) is 11.5. The van der Waals surface area contributed by atoms with Gasteiger partial charge in [0.2, 0.25) is 5.91 Å². The van der Waals surface area contributed by atoms with E-state index < -0.39 is 0 Å². The fraction of sp³-hybridized carbons (Fsp3) is 0.929. The van der Waals surface area contributed by atoms with Crippen LogP contribution in [-0.4, -0.2) is 37.0 Å². The van der Waals surface area contributed by atoms with Gasteiger partial charge in [0.1, 0.15) is 0 Å². The molecule has 0 bridgehead atoms. The summed E-state index contributed by atoms with van der Waals surface area (Å²) in [6.07, 6.45) is 3.47. The first-order valence-corrected chi connectivity index (χ1v) is 6.97. The summed E-state index contributed by atoms with van der Waals surface area (Å²) in [5, 5.41) is 3.38. The monoisotopic (exact) mass is 238 g/mol. The predicted molar refractivity (Wildman–Crippen MR) is 69.7 cm³/mol. The van der Waals surface area contributed by atoms with Crippen LogP contribution in [0.1, 0.15) is 40.0 Å². The number of hydrogen-bond acceptors (Lipinski definition) is 2. The lowest BCUT2D eigenvalue weighted by atomic mass is 9.83. The van der Waals surface area contributed by atoms with Gasteiger partial charge in [0.15, 0.2) is 0 Å². The van der Waals surface area contributed by atoms with Crippen molar-refractivity contribution in [2.75, 3.05) is 26.2 Å². The quantitative estimate of drug-likeness (QED) is 0.756. The lowest BCUT2D eigenvalue weighted by Gasteiger charge is -2.40. The van der Waals surface area contributed by atoms with Crippen LogP contribution in [0.15, 0.2) is 0 Å². The van der Waals surface area contributed by atoms with Crippen LogP contribution in [0.4, 0.5) is 0 Å². The molecule has 1 amide bonds. The number of nitrogens with zero attached hydrogens (tertiary/aromatic N) is 1. The Morgan fingerprint density at radius 2 is 2.12 bits per heavy atom. The van der Waals surface area contributed by atoms with Crippen molar-refractivity contribution >= 4 is 5.91 Å².